The highest BCUT2D eigenvalue weighted by Crippen LogP contribution is 2.10. The molecule has 0 N–H and O–H groups in total. The molecule has 0 spiro atoms. The number of hydrogen-bond donors (Lipinski definition) is 0. The zero-order valence-corrected chi connectivity index (χ0v) is 9.70. The molecule has 5 nitrogen and oxygen atoms in total. The van der Waals surface area contributed by atoms with Gasteiger partial charge in [0.25, 0.3) is 0 Å². The SMILES string of the molecule is [N-]=[N+]=NCC1CN(Cc2ccccc2)CCO1. The van der Waals surface area contributed by atoms with E-state index in [1.165, 1.54) is 5.56 Å². The molecule has 1 saturated heterocycles. The van der Waals surface area contributed by atoms with E-state index >= 15 is 0 Å². The summed E-state index contributed by atoms with van der Waals surface area (Å²) >= 11 is 0. The predicted molar refractivity (Wildman–Crippen MR) is 65.5 cm³/mol. The van der Waals surface area contributed by atoms with Gasteiger partial charge in [-0.05, 0) is 11.1 Å². The second kappa shape index (κ2) is 6.25. The fourth-order valence-electron chi connectivity index (χ4n) is 2.00. The normalized spacial score (nSPS) is 20.8. The summed E-state index contributed by atoms with van der Waals surface area (Å²) in [6.45, 7) is 3.81. The van der Waals surface area contributed by atoms with Crippen molar-refractivity contribution >= 4 is 0 Å². The molecule has 17 heavy (non-hydrogen) atoms. The molecule has 1 aromatic carbocycles. The third kappa shape index (κ3) is 3.75. The Morgan fingerprint density at radius 3 is 3.00 bits per heavy atom. The maximum Gasteiger partial charge on any atom is 0.0759 e. The summed E-state index contributed by atoms with van der Waals surface area (Å²) in [7, 11) is 0. The maximum atomic E-state index is 8.29. The van der Waals surface area contributed by atoms with Crippen molar-refractivity contribution in [2.45, 2.75) is 12.6 Å². The van der Waals surface area contributed by atoms with Crippen LogP contribution in [0.5, 0.6) is 0 Å². The zero-order valence-electron chi connectivity index (χ0n) is 9.70. The number of benzene rings is 1. The molecule has 1 fully saturated rings. The fourth-order valence-corrected chi connectivity index (χ4v) is 2.00. The molecule has 1 unspecified atom stereocenters. The smallest absolute Gasteiger partial charge is 0.0759 e. The van der Waals surface area contributed by atoms with Gasteiger partial charge in [-0.3, -0.25) is 4.90 Å². The molecule has 2 rings (SSSR count). The quantitative estimate of drug-likeness (QED) is 0.454. The van der Waals surface area contributed by atoms with Crippen molar-refractivity contribution in [3.8, 4) is 0 Å². The van der Waals surface area contributed by atoms with Gasteiger partial charge in [-0.25, -0.2) is 0 Å². The Morgan fingerprint density at radius 1 is 1.41 bits per heavy atom. The lowest BCUT2D eigenvalue weighted by atomic mass is 10.2. The molecule has 5 heteroatoms. The lowest BCUT2D eigenvalue weighted by Gasteiger charge is -2.32. The molecular weight excluding hydrogens is 216 g/mol. The predicted octanol–water partition coefficient (Wildman–Crippen LogP) is 2.20. The molecular formula is C12H16N4O. The average molecular weight is 232 g/mol. The second-order valence-electron chi connectivity index (χ2n) is 4.13. The van der Waals surface area contributed by atoms with Crippen LogP contribution in [0.4, 0.5) is 0 Å². The summed E-state index contributed by atoms with van der Waals surface area (Å²) in [4.78, 5) is 5.10. The van der Waals surface area contributed by atoms with Gasteiger partial charge in [-0.15, -0.1) is 0 Å². The molecule has 0 bridgehead atoms. The Labute approximate surface area is 101 Å². The topological polar surface area (TPSA) is 61.2 Å². The number of ether oxygens (including phenoxy) is 1. The first-order valence-corrected chi connectivity index (χ1v) is 5.77. The van der Waals surface area contributed by atoms with E-state index in [4.69, 9.17) is 10.3 Å². The van der Waals surface area contributed by atoms with Gasteiger partial charge in [-0.1, -0.05) is 35.4 Å². The minimum Gasteiger partial charge on any atom is -0.375 e. The van der Waals surface area contributed by atoms with Crippen molar-refractivity contribution in [1.82, 2.24) is 4.90 Å². The number of azide groups is 1. The number of rotatable bonds is 4. The van der Waals surface area contributed by atoms with E-state index in [2.05, 4.69) is 27.1 Å². The van der Waals surface area contributed by atoms with Gasteiger partial charge in [0.2, 0.25) is 0 Å². The Kier molecular flexibility index (Phi) is 4.38. The first kappa shape index (κ1) is 11.9. The van der Waals surface area contributed by atoms with Crippen molar-refractivity contribution in [3.05, 3.63) is 46.3 Å². The molecule has 0 aromatic heterocycles. The van der Waals surface area contributed by atoms with Crippen LogP contribution in [-0.2, 0) is 11.3 Å². The van der Waals surface area contributed by atoms with Crippen LogP contribution in [0.1, 0.15) is 5.56 Å². The van der Waals surface area contributed by atoms with Gasteiger partial charge in [0.15, 0.2) is 0 Å². The Bertz CT molecular complexity index is 389. The standard InChI is InChI=1S/C12H16N4O/c13-15-14-8-12-10-16(6-7-17-12)9-11-4-2-1-3-5-11/h1-5,12H,6-10H2. The van der Waals surface area contributed by atoms with E-state index in [0.29, 0.717) is 13.2 Å². The van der Waals surface area contributed by atoms with E-state index in [1.807, 2.05) is 18.2 Å². The van der Waals surface area contributed by atoms with Crippen LogP contribution in [-0.4, -0.2) is 37.2 Å². The summed E-state index contributed by atoms with van der Waals surface area (Å²) in [5.41, 5.74) is 9.59. The van der Waals surface area contributed by atoms with E-state index in [9.17, 15) is 0 Å². The van der Waals surface area contributed by atoms with E-state index in [1.54, 1.807) is 0 Å². The van der Waals surface area contributed by atoms with Crippen molar-refractivity contribution in [1.29, 1.82) is 0 Å². The number of hydrogen-bond acceptors (Lipinski definition) is 3. The largest absolute Gasteiger partial charge is 0.375 e. The first-order chi connectivity index (χ1) is 8.38. The molecule has 1 aliphatic heterocycles. The van der Waals surface area contributed by atoms with Crippen LogP contribution in [0.25, 0.3) is 10.4 Å². The monoisotopic (exact) mass is 232 g/mol. The second-order valence-corrected chi connectivity index (χ2v) is 4.13. The van der Waals surface area contributed by atoms with Gasteiger partial charge in [-0.2, -0.15) is 0 Å². The van der Waals surface area contributed by atoms with Gasteiger partial charge < -0.3 is 4.74 Å². The molecule has 0 radical (unpaired) electrons. The molecule has 90 valence electrons. The molecule has 1 aliphatic rings. The lowest BCUT2D eigenvalue weighted by molar-refractivity contribution is -0.0259. The number of morpholine rings is 1. The van der Waals surface area contributed by atoms with Crippen LogP contribution in [0.3, 0.4) is 0 Å². The zero-order chi connectivity index (χ0) is 11.9. The van der Waals surface area contributed by atoms with Crippen molar-refractivity contribution in [2.24, 2.45) is 5.11 Å². The van der Waals surface area contributed by atoms with E-state index in [-0.39, 0.29) is 6.10 Å². The summed E-state index contributed by atoms with van der Waals surface area (Å²) < 4.78 is 5.54. The summed E-state index contributed by atoms with van der Waals surface area (Å²) in [5.74, 6) is 0. The third-order valence-corrected chi connectivity index (χ3v) is 2.82. The van der Waals surface area contributed by atoms with Crippen LogP contribution in [0.15, 0.2) is 35.4 Å². The van der Waals surface area contributed by atoms with E-state index < -0.39 is 0 Å². The molecule has 0 amide bonds. The van der Waals surface area contributed by atoms with Crippen molar-refractivity contribution < 1.29 is 4.74 Å². The van der Waals surface area contributed by atoms with Crippen LogP contribution in [0.2, 0.25) is 0 Å². The lowest BCUT2D eigenvalue weighted by Crippen LogP contribution is -2.43. The van der Waals surface area contributed by atoms with Gasteiger partial charge in [0, 0.05) is 24.5 Å². The summed E-state index contributed by atoms with van der Waals surface area (Å²) in [5, 5.41) is 3.57. The fraction of sp³-hybridized carbons (Fsp3) is 0.500. The van der Waals surface area contributed by atoms with Crippen LogP contribution < -0.4 is 0 Å². The molecule has 1 heterocycles. The van der Waals surface area contributed by atoms with Crippen molar-refractivity contribution in [3.63, 3.8) is 0 Å². The Morgan fingerprint density at radius 2 is 2.24 bits per heavy atom. The minimum absolute atomic E-state index is 0.0309. The third-order valence-electron chi connectivity index (χ3n) is 2.82. The highest BCUT2D eigenvalue weighted by atomic mass is 16.5. The van der Waals surface area contributed by atoms with Crippen molar-refractivity contribution in [2.75, 3.05) is 26.2 Å². The molecule has 0 aliphatic carbocycles. The molecule has 0 saturated carbocycles. The van der Waals surface area contributed by atoms with Gasteiger partial charge >= 0.3 is 0 Å². The maximum absolute atomic E-state index is 8.29. The number of nitrogens with zero attached hydrogens (tertiary/aromatic N) is 4. The van der Waals surface area contributed by atoms with Crippen LogP contribution in [0, 0.1) is 0 Å². The van der Waals surface area contributed by atoms with Crippen LogP contribution >= 0.6 is 0 Å². The van der Waals surface area contributed by atoms with Gasteiger partial charge in [0.1, 0.15) is 0 Å². The summed E-state index contributed by atoms with van der Waals surface area (Å²) in [6.07, 6.45) is 0.0309. The highest BCUT2D eigenvalue weighted by Gasteiger charge is 2.19. The Balaban J connectivity index is 1.87. The first-order valence-electron chi connectivity index (χ1n) is 5.77. The molecule has 1 aromatic rings. The van der Waals surface area contributed by atoms with Gasteiger partial charge in [0.05, 0.1) is 19.3 Å². The highest BCUT2D eigenvalue weighted by molar-refractivity contribution is 5.14. The minimum atomic E-state index is 0.0309. The average Bonchev–Trinajstić information content (AvgIpc) is 2.38. The summed E-state index contributed by atoms with van der Waals surface area (Å²) in [6, 6.07) is 10.4. The Hall–Kier alpha value is -1.55. The molecule has 1 atom stereocenters. The van der Waals surface area contributed by atoms with E-state index in [0.717, 1.165) is 19.6 Å².